The highest BCUT2D eigenvalue weighted by atomic mass is 79.9. The van der Waals surface area contributed by atoms with E-state index in [-0.39, 0.29) is 11.9 Å². The Balaban J connectivity index is 1.97. The Labute approximate surface area is 133 Å². The molecule has 0 heterocycles. The molecule has 1 atom stereocenters. The van der Waals surface area contributed by atoms with Crippen LogP contribution < -0.4 is 11.3 Å². The molecular weight excluding hydrogens is 331 g/mol. The Morgan fingerprint density at radius 2 is 1.90 bits per heavy atom. The van der Waals surface area contributed by atoms with E-state index in [0.29, 0.717) is 10.9 Å². The summed E-state index contributed by atoms with van der Waals surface area (Å²) in [6.07, 6.45) is 2.55. The van der Waals surface area contributed by atoms with Crippen LogP contribution in [0.2, 0.25) is 0 Å². The van der Waals surface area contributed by atoms with Crippen LogP contribution in [0.3, 0.4) is 0 Å². The third-order valence-electron chi connectivity index (χ3n) is 3.64. The van der Waals surface area contributed by atoms with Crippen molar-refractivity contribution in [1.29, 1.82) is 0 Å². The van der Waals surface area contributed by atoms with Crippen molar-refractivity contribution >= 4 is 15.9 Å². The molecule has 0 aromatic heterocycles. The molecule has 0 saturated heterocycles. The Kier molecular flexibility index (Phi) is 5.91. The van der Waals surface area contributed by atoms with Crippen molar-refractivity contribution in [2.45, 2.75) is 32.2 Å². The van der Waals surface area contributed by atoms with E-state index in [1.807, 2.05) is 6.07 Å². The highest BCUT2D eigenvalue weighted by Crippen LogP contribution is 2.22. The van der Waals surface area contributed by atoms with Crippen LogP contribution in [0.4, 0.5) is 4.39 Å². The summed E-state index contributed by atoms with van der Waals surface area (Å²) in [6, 6.07) is 13.7. The van der Waals surface area contributed by atoms with Crippen molar-refractivity contribution in [1.82, 2.24) is 5.43 Å². The average molecular weight is 351 g/mol. The third-order valence-corrected chi connectivity index (χ3v) is 4.52. The van der Waals surface area contributed by atoms with E-state index in [1.54, 1.807) is 6.07 Å². The molecule has 0 amide bonds. The number of hydrazine groups is 1. The van der Waals surface area contributed by atoms with Crippen LogP contribution in [-0.4, -0.2) is 6.04 Å². The number of hydrogen-bond donors (Lipinski definition) is 2. The molecule has 2 aromatic carbocycles. The van der Waals surface area contributed by atoms with Crippen molar-refractivity contribution in [3.05, 3.63) is 69.4 Å². The first-order valence-electron chi connectivity index (χ1n) is 7.04. The van der Waals surface area contributed by atoms with Crippen molar-refractivity contribution in [3.8, 4) is 0 Å². The van der Waals surface area contributed by atoms with Gasteiger partial charge in [-0.1, -0.05) is 42.0 Å². The van der Waals surface area contributed by atoms with Gasteiger partial charge in [0.25, 0.3) is 0 Å². The van der Waals surface area contributed by atoms with E-state index >= 15 is 0 Å². The Hall–Kier alpha value is -1.23. The van der Waals surface area contributed by atoms with Gasteiger partial charge in [-0.3, -0.25) is 11.3 Å². The predicted molar refractivity (Wildman–Crippen MR) is 88.4 cm³/mol. The standard InChI is InChI=1S/C17H20BrFN2/c1-12-5-7-13(8-6-12)9-10-15(21-20)11-14-3-2-4-16(19)17(14)18/h2-8,15,21H,9-11,20H2,1H3. The monoisotopic (exact) mass is 350 g/mol. The number of rotatable bonds is 6. The number of halogens is 2. The first-order chi connectivity index (χ1) is 10.1. The van der Waals surface area contributed by atoms with Gasteiger partial charge in [-0.2, -0.15) is 0 Å². The minimum absolute atomic E-state index is 0.115. The van der Waals surface area contributed by atoms with E-state index in [1.165, 1.54) is 17.2 Å². The summed E-state index contributed by atoms with van der Waals surface area (Å²) < 4.78 is 14.1. The second-order valence-corrected chi connectivity index (χ2v) is 6.10. The molecule has 0 aliphatic rings. The lowest BCUT2D eigenvalue weighted by Crippen LogP contribution is -2.37. The van der Waals surface area contributed by atoms with E-state index in [9.17, 15) is 4.39 Å². The minimum atomic E-state index is -0.234. The zero-order valence-electron chi connectivity index (χ0n) is 12.1. The van der Waals surface area contributed by atoms with Gasteiger partial charge < -0.3 is 0 Å². The molecule has 0 bridgehead atoms. The van der Waals surface area contributed by atoms with E-state index in [2.05, 4.69) is 52.5 Å². The van der Waals surface area contributed by atoms with Crippen LogP contribution in [0.5, 0.6) is 0 Å². The molecule has 3 N–H and O–H groups in total. The van der Waals surface area contributed by atoms with Gasteiger partial charge in [0, 0.05) is 6.04 Å². The normalized spacial score (nSPS) is 12.4. The molecule has 0 radical (unpaired) electrons. The lowest BCUT2D eigenvalue weighted by Gasteiger charge is -2.17. The number of benzene rings is 2. The second-order valence-electron chi connectivity index (χ2n) is 5.30. The molecule has 4 heteroatoms. The fraction of sp³-hybridized carbons (Fsp3) is 0.294. The molecule has 2 nitrogen and oxygen atoms in total. The van der Waals surface area contributed by atoms with Crippen molar-refractivity contribution < 1.29 is 4.39 Å². The van der Waals surface area contributed by atoms with Crippen molar-refractivity contribution in [3.63, 3.8) is 0 Å². The van der Waals surface area contributed by atoms with Crippen molar-refractivity contribution in [2.75, 3.05) is 0 Å². The van der Waals surface area contributed by atoms with Gasteiger partial charge in [0.05, 0.1) is 4.47 Å². The minimum Gasteiger partial charge on any atom is -0.271 e. The first-order valence-corrected chi connectivity index (χ1v) is 7.84. The highest BCUT2D eigenvalue weighted by molar-refractivity contribution is 9.10. The van der Waals surface area contributed by atoms with Gasteiger partial charge in [0.2, 0.25) is 0 Å². The van der Waals surface area contributed by atoms with Crippen molar-refractivity contribution in [2.24, 2.45) is 5.84 Å². The van der Waals surface area contributed by atoms with Gasteiger partial charge in [-0.25, -0.2) is 4.39 Å². The number of nitrogens with one attached hydrogen (secondary N) is 1. The molecule has 0 aliphatic heterocycles. The number of aryl methyl sites for hydroxylation is 2. The van der Waals surface area contributed by atoms with Crippen LogP contribution >= 0.6 is 15.9 Å². The van der Waals surface area contributed by atoms with Crippen LogP contribution in [0.25, 0.3) is 0 Å². The van der Waals surface area contributed by atoms with E-state index in [4.69, 9.17) is 5.84 Å². The summed E-state index contributed by atoms with van der Waals surface area (Å²) in [7, 11) is 0. The maximum absolute atomic E-state index is 13.5. The number of nitrogens with two attached hydrogens (primary N) is 1. The first kappa shape index (κ1) is 16.1. The fourth-order valence-corrected chi connectivity index (χ4v) is 2.74. The van der Waals surface area contributed by atoms with Gasteiger partial charge in [-0.05, 0) is 59.3 Å². The molecule has 21 heavy (non-hydrogen) atoms. The van der Waals surface area contributed by atoms with Gasteiger partial charge >= 0.3 is 0 Å². The summed E-state index contributed by atoms with van der Waals surface area (Å²) in [5.74, 6) is 5.40. The molecule has 2 aromatic rings. The Morgan fingerprint density at radius 3 is 2.57 bits per heavy atom. The highest BCUT2D eigenvalue weighted by Gasteiger charge is 2.12. The molecule has 0 aliphatic carbocycles. The summed E-state index contributed by atoms with van der Waals surface area (Å²) in [6.45, 7) is 2.08. The molecule has 2 rings (SSSR count). The van der Waals surface area contributed by atoms with E-state index < -0.39 is 0 Å². The van der Waals surface area contributed by atoms with Crippen LogP contribution in [0.1, 0.15) is 23.1 Å². The zero-order chi connectivity index (χ0) is 15.2. The topological polar surface area (TPSA) is 38.0 Å². The lowest BCUT2D eigenvalue weighted by molar-refractivity contribution is 0.489. The van der Waals surface area contributed by atoms with Crippen LogP contribution in [-0.2, 0) is 12.8 Å². The molecule has 0 spiro atoms. The summed E-state index contributed by atoms with van der Waals surface area (Å²) in [4.78, 5) is 0. The fourth-order valence-electron chi connectivity index (χ4n) is 2.31. The summed E-state index contributed by atoms with van der Waals surface area (Å²) in [5, 5.41) is 0. The Morgan fingerprint density at radius 1 is 1.19 bits per heavy atom. The molecule has 0 fully saturated rings. The summed E-state index contributed by atoms with van der Waals surface area (Å²) >= 11 is 3.30. The third kappa shape index (κ3) is 4.63. The predicted octanol–water partition coefficient (Wildman–Crippen LogP) is 3.90. The average Bonchev–Trinajstić information content (AvgIpc) is 2.49. The largest absolute Gasteiger partial charge is 0.271 e. The molecule has 112 valence electrons. The molecule has 1 unspecified atom stereocenters. The van der Waals surface area contributed by atoms with Crippen LogP contribution in [0, 0.1) is 12.7 Å². The van der Waals surface area contributed by atoms with E-state index in [0.717, 1.165) is 18.4 Å². The molecular formula is C17H20BrFN2. The van der Waals surface area contributed by atoms with Gasteiger partial charge in [0.1, 0.15) is 5.82 Å². The lowest BCUT2D eigenvalue weighted by atomic mass is 9.99. The van der Waals surface area contributed by atoms with Gasteiger partial charge in [0.15, 0.2) is 0 Å². The zero-order valence-corrected chi connectivity index (χ0v) is 13.7. The second kappa shape index (κ2) is 7.69. The van der Waals surface area contributed by atoms with Gasteiger partial charge in [-0.15, -0.1) is 0 Å². The summed E-state index contributed by atoms with van der Waals surface area (Å²) in [5.41, 5.74) is 6.32. The number of hydrogen-bond acceptors (Lipinski definition) is 2. The molecule has 0 saturated carbocycles. The maximum atomic E-state index is 13.5. The SMILES string of the molecule is Cc1ccc(CCC(Cc2cccc(F)c2Br)NN)cc1. The van der Waals surface area contributed by atoms with Crippen LogP contribution in [0.15, 0.2) is 46.9 Å². The Bertz CT molecular complexity index is 584. The maximum Gasteiger partial charge on any atom is 0.137 e. The smallest absolute Gasteiger partial charge is 0.137 e. The quantitative estimate of drug-likeness (QED) is 0.612.